The Labute approximate surface area is 79.0 Å². The Hall–Kier alpha value is -0.450. The van der Waals surface area contributed by atoms with Crippen LogP contribution < -0.4 is 0 Å². The molecule has 3 heteroatoms. The molecule has 0 aromatic heterocycles. The summed E-state index contributed by atoms with van der Waals surface area (Å²) in [6, 6.07) is 4.66. The molecular formula is C8H9IO2. The topological polar surface area (TPSA) is 40.5 Å². The van der Waals surface area contributed by atoms with E-state index in [9.17, 15) is 0 Å². The van der Waals surface area contributed by atoms with Crippen LogP contribution in [0.15, 0.2) is 18.2 Å². The average molecular weight is 264 g/mol. The smallest absolute Gasteiger partial charge is 0.119 e. The molecule has 0 atom stereocenters. The monoisotopic (exact) mass is 264 g/mol. The van der Waals surface area contributed by atoms with Gasteiger partial charge in [-0.1, -0.05) is 22.6 Å². The van der Waals surface area contributed by atoms with Crippen LogP contribution in [-0.2, 0) is 6.42 Å². The minimum absolute atomic E-state index is 0.129. The minimum Gasteiger partial charge on any atom is -0.508 e. The van der Waals surface area contributed by atoms with Gasteiger partial charge < -0.3 is 10.2 Å². The highest BCUT2D eigenvalue weighted by Gasteiger charge is 1.97. The average Bonchev–Trinajstić information content (AvgIpc) is 1.85. The van der Waals surface area contributed by atoms with E-state index in [1.165, 1.54) is 6.07 Å². The molecule has 0 saturated carbocycles. The van der Waals surface area contributed by atoms with E-state index in [4.69, 9.17) is 10.2 Å². The van der Waals surface area contributed by atoms with Crippen LogP contribution in [0.3, 0.4) is 0 Å². The fourth-order valence-electron chi connectivity index (χ4n) is 0.910. The lowest BCUT2D eigenvalue weighted by Crippen LogP contribution is -1.84. The predicted octanol–water partition coefficient (Wildman–Crippen LogP) is 2.08. The fraction of sp³-hybridized carbons (Fsp3) is 0.250. The van der Waals surface area contributed by atoms with Gasteiger partial charge in [0, 0.05) is 10.5 Å². The number of benzene rings is 1. The Morgan fingerprint density at radius 3 is 2.09 bits per heavy atom. The standard InChI is InChI=1S/C8H9IO2/c9-2-1-6-3-7(10)5-8(11)4-6/h3-5,10-11H,1-2H2. The number of phenolic OH excluding ortho intramolecular Hbond substituents is 2. The summed E-state index contributed by atoms with van der Waals surface area (Å²) in [6.07, 6.45) is 0.878. The Bertz CT molecular complexity index is 228. The van der Waals surface area contributed by atoms with Crippen LogP contribution in [0.4, 0.5) is 0 Å². The van der Waals surface area contributed by atoms with Gasteiger partial charge in [0.15, 0.2) is 0 Å². The van der Waals surface area contributed by atoms with E-state index in [2.05, 4.69) is 22.6 Å². The summed E-state index contributed by atoms with van der Waals surface area (Å²) in [6.45, 7) is 0. The summed E-state index contributed by atoms with van der Waals surface area (Å²) in [7, 11) is 0. The van der Waals surface area contributed by atoms with Crippen molar-refractivity contribution in [3.63, 3.8) is 0 Å². The third-order valence-corrected chi connectivity index (χ3v) is 1.88. The van der Waals surface area contributed by atoms with E-state index in [0.717, 1.165) is 16.4 Å². The van der Waals surface area contributed by atoms with Crippen molar-refractivity contribution < 1.29 is 10.2 Å². The fourth-order valence-corrected chi connectivity index (χ4v) is 1.53. The molecule has 1 aromatic carbocycles. The van der Waals surface area contributed by atoms with E-state index in [1.807, 2.05) is 0 Å². The molecule has 0 unspecified atom stereocenters. The third kappa shape index (κ3) is 2.57. The lowest BCUT2D eigenvalue weighted by atomic mass is 10.1. The molecule has 11 heavy (non-hydrogen) atoms. The number of halogens is 1. The van der Waals surface area contributed by atoms with Gasteiger partial charge in [0.05, 0.1) is 0 Å². The molecular weight excluding hydrogens is 255 g/mol. The number of alkyl halides is 1. The van der Waals surface area contributed by atoms with Crippen LogP contribution in [0.1, 0.15) is 5.56 Å². The molecule has 2 nitrogen and oxygen atoms in total. The summed E-state index contributed by atoms with van der Waals surface area (Å²) >= 11 is 2.25. The molecule has 0 saturated heterocycles. The molecule has 0 heterocycles. The molecule has 0 spiro atoms. The second-order valence-corrected chi connectivity index (χ2v) is 3.38. The molecule has 2 N–H and O–H groups in total. The zero-order valence-corrected chi connectivity index (χ0v) is 8.08. The van der Waals surface area contributed by atoms with Crippen LogP contribution in [0.5, 0.6) is 11.5 Å². The van der Waals surface area contributed by atoms with Crippen LogP contribution in [-0.4, -0.2) is 14.6 Å². The number of aromatic hydroxyl groups is 2. The van der Waals surface area contributed by atoms with Gasteiger partial charge in [0.25, 0.3) is 0 Å². The first-order chi connectivity index (χ1) is 5.22. The van der Waals surface area contributed by atoms with Gasteiger partial charge in [-0.25, -0.2) is 0 Å². The molecule has 0 radical (unpaired) electrons. The Balaban J connectivity index is 2.89. The number of phenols is 2. The van der Waals surface area contributed by atoms with E-state index < -0.39 is 0 Å². The lowest BCUT2D eigenvalue weighted by molar-refractivity contribution is 0.449. The summed E-state index contributed by atoms with van der Waals surface area (Å²) in [5, 5.41) is 18.1. The molecule has 0 aliphatic heterocycles. The summed E-state index contributed by atoms with van der Waals surface area (Å²) in [5.74, 6) is 0.259. The largest absolute Gasteiger partial charge is 0.508 e. The van der Waals surface area contributed by atoms with Crippen LogP contribution in [0.2, 0.25) is 0 Å². The second kappa shape index (κ2) is 3.80. The quantitative estimate of drug-likeness (QED) is 0.634. The Kier molecular flexibility index (Phi) is 2.99. The van der Waals surface area contributed by atoms with Gasteiger partial charge >= 0.3 is 0 Å². The molecule has 0 fully saturated rings. The maximum atomic E-state index is 9.06. The first-order valence-corrected chi connectivity index (χ1v) is 4.83. The van der Waals surface area contributed by atoms with E-state index in [1.54, 1.807) is 12.1 Å². The normalized spacial score (nSPS) is 9.91. The molecule has 60 valence electrons. The van der Waals surface area contributed by atoms with E-state index in [0.29, 0.717) is 0 Å². The molecule has 0 amide bonds. The summed E-state index contributed by atoms with van der Waals surface area (Å²) < 4.78 is 0.987. The molecule has 0 bridgehead atoms. The van der Waals surface area contributed by atoms with E-state index in [-0.39, 0.29) is 11.5 Å². The highest BCUT2D eigenvalue weighted by molar-refractivity contribution is 14.1. The van der Waals surface area contributed by atoms with Gasteiger partial charge in [-0.2, -0.15) is 0 Å². The maximum absolute atomic E-state index is 9.06. The maximum Gasteiger partial charge on any atom is 0.119 e. The zero-order valence-electron chi connectivity index (χ0n) is 5.92. The Morgan fingerprint density at radius 2 is 1.64 bits per heavy atom. The zero-order chi connectivity index (χ0) is 8.27. The van der Waals surface area contributed by atoms with Crippen molar-refractivity contribution in [3.05, 3.63) is 23.8 Å². The summed E-state index contributed by atoms with van der Waals surface area (Å²) in [5.41, 5.74) is 0.969. The molecule has 1 rings (SSSR count). The van der Waals surface area contributed by atoms with Crippen molar-refractivity contribution in [2.75, 3.05) is 4.43 Å². The highest BCUT2D eigenvalue weighted by Crippen LogP contribution is 2.20. The van der Waals surface area contributed by atoms with Crippen molar-refractivity contribution in [3.8, 4) is 11.5 Å². The first-order valence-electron chi connectivity index (χ1n) is 3.30. The number of rotatable bonds is 2. The van der Waals surface area contributed by atoms with Crippen LogP contribution in [0.25, 0.3) is 0 Å². The lowest BCUT2D eigenvalue weighted by Gasteiger charge is -1.99. The van der Waals surface area contributed by atoms with Gasteiger partial charge in [-0.3, -0.25) is 0 Å². The third-order valence-electron chi connectivity index (χ3n) is 1.35. The molecule has 1 aromatic rings. The Morgan fingerprint density at radius 1 is 1.09 bits per heavy atom. The van der Waals surface area contributed by atoms with Crippen molar-refractivity contribution in [1.29, 1.82) is 0 Å². The molecule has 0 aliphatic carbocycles. The highest BCUT2D eigenvalue weighted by atomic mass is 127. The van der Waals surface area contributed by atoms with Gasteiger partial charge in [0.1, 0.15) is 11.5 Å². The van der Waals surface area contributed by atoms with Crippen molar-refractivity contribution >= 4 is 22.6 Å². The molecule has 0 aliphatic rings. The second-order valence-electron chi connectivity index (χ2n) is 2.30. The van der Waals surface area contributed by atoms with Crippen molar-refractivity contribution in [2.24, 2.45) is 0 Å². The first kappa shape index (κ1) is 8.64. The van der Waals surface area contributed by atoms with Crippen LogP contribution in [0, 0.1) is 0 Å². The predicted molar refractivity (Wildman–Crippen MR) is 52.4 cm³/mol. The number of hydrogen-bond acceptors (Lipinski definition) is 2. The number of aryl methyl sites for hydroxylation is 1. The van der Waals surface area contributed by atoms with Crippen LogP contribution >= 0.6 is 22.6 Å². The van der Waals surface area contributed by atoms with Gasteiger partial charge in [-0.05, 0) is 24.1 Å². The van der Waals surface area contributed by atoms with Gasteiger partial charge in [0.2, 0.25) is 0 Å². The SMILES string of the molecule is Oc1cc(O)cc(CCI)c1. The van der Waals surface area contributed by atoms with E-state index >= 15 is 0 Å². The summed E-state index contributed by atoms with van der Waals surface area (Å²) in [4.78, 5) is 0. The van der Waals surface area contributed by atoms with Crippen molar-refractivity contribution in [2.45, 2.75) is 6.42 Å². The van der Waals surface area contributed by atoms with Crippen molar-refractivity contribution in [1.82, 2.24) is 0 Å². The minimum atomic E-state index is 0.129. The van der Waals surface area contributed by atoms with Gasteiger partial charge in [-0.15, -0.1) is 0 Å². The number of hydrogen-bond donors (Lipinski definition) is 2.